The monoisotopic (exact) mass is 380 g/mol. The van der Waals surface area contributed by atoms with Gasteiger partial charge < -0.3 is 11.1 Å². The van der Waals surface area contributed by atoms with Crippen LogP contribution in [0, 0.1) is 0 Å². The molecule has 8 heteroatoms. The van der Waals surface area contributed by atoms with Gasteiger partial charge in [-0.2, -0.15) is 8.78 Å². The third-order valence-electron chi connectivity index (χ3n) is 4.47. The van der Waals surface area contributed by atoms with Gasteiger partial charge in [0.25, 0.3) is 5.91 Å². The number of carbonyl (C=O) groups is 1. The third kappa shape index (κ3) is 3.55. The second-order valence-corrected chi connectivity index (χ2v) is 8.12. The molecular formula is C18H18F2N2O3S. The summed E-state index contributed by atoms with van der Waals surface area (Å²) in [5.74, 6) is -3.88. The van der Waals surface area contributed by atoms with E-state index in [0.717, 1.165) is 42.5 Å². The zero-order valence-corrected chi connectivity index (χ0v) is 14.6. The molecule has 26 heavy (non-hydrogen) atoms. The molecule has 1 unspecified atom stereocenters. The van der Waals surface area contributed by atoms with Crippen molar-refractivity contribution in [2.75, 3.05) is 5.73 Å². The minimum absolute atomic E-state index is 0.170. The second kappa shape index (κ2) is 7.03. The van der Waals surface area contributed by atoms with Gasteiger partial charge in [-0.15, -0.1) is 0 Å². The number of aryl methyl sites for hydroxylation is 1. The summed E-state index contributed by atoms with van der Waals surface area (Å²) in [6.45, 7) is 0. The number of amides is 1. The average Bonchev–Trinajstić information content (AvgIpc) is 2.61. The molecule has 0 bridgehead atoms. The number of hydrogen-bond donors (Lipinski definition) is 2. The number of nitrogen functional groups attached to an aromatic ring is 1. The van der Waals surface area contributed by atoms with Gasteiger partial charge >= 0.3 is 5.76 Å². The highest BCUT2D eigenvalue weighted by Gasteiger charge is 2.27. The Bertz CT molecular complexity index is 928. The molecule has 1 aliphatic rings. The number of alkyl halides is 2. The van der Waals surface area contributed by atoms with Crippen LogP contribution in [0.15, 0.2) is 47.4 Å². The van der Waals surface area contributed by atoms with E-state index in [9.17, 15) is 22.0 Å². The highest BCUT2D eigenvalue weighted by Crippen LogP contribution is 2.31. The van der Waals surface area contributed by atoms with E-state index in [1.165, 1.54) is 12.1 Å². The number of sulfone groups is 1. The van der Waals surface area contributed by atoms with E-state index in [4.69, 9.17) is 5.73 Å². The lowest BCUT2D eigenvalue weighted by Gasteiger charge is -2.26. The van der Waals surface area contributed by atoms with Gasteiger partial charge in [0.15, 0.2) is 0 Å². The first-order valence-electron chi connectivity index (χ1n) is 8.10. The minimum atomic E-state index is -4.67. The number of fused-ring (bicyclic) bond motifs is 1. The summed E-state index contributed by atoms with van der Waals surface area (Å²) < 4.78 is 48.0. The Morgan fingerprint density at radius 2 is 1.85 bits per heavy atom. The lowest BCUT2D eigenvalue weighted by atomic mass is 9.87. The molecule has 2 aromatic rings. The predicted octanol–water partition coefficient (Wildman–Crippen LogP) is 3.07. The maximum Gasteiger partial charge on any atom is 0.341 e. The Morgan fingerprint density at radius 3 is 2.50 bits per heavy atom. The SMILES string of the molecule is Nc1ccc2c(c1)CCCC2NC(=O)c1ccc(S(=O)(=O)C(F)F)cc1. The molecule has 0 heterocycles. The first-order chi connectivity index (χ1) is 12.3. The summed E-state index contributed by atoms with van der Waals surface area (Å²) in [6.07, 6.45) is 2.58. The van der Waals surface area contributed by atoms with E-state index in [0.29, 0.717) is 5.69 Å². The normalized spacial score (nSPS) is 17.0. The van der Waals surface area contributed by atoms with Crippen molar-refractivity contribution in [3.05, 3.63) is 59.2 Å². The maximum atomic E-state index is 12.6. The maximum absolute atomic E-state index is 12.6. The van der Waals surface area contributed by atoms with Crippen molar-refractivity contribution in [3.63, 3.8) is 0 Å². The Morgan fingerprint density at radius 1 is 1.15 bits per heavy atom. The Kier molecular flexibility index (Phi) is 4.95. The molecule has 0 fully saturated rings. The second-order valence-electron chi connectivity index (χ2n) is 6.21. The van der Waals surface area contributed by atoms with Crippen molar-refractivity contribution in [2.45, 2.75) is 36.0 Å². The van der Waals surface area contributed by atoms with E-state index in [1.807, 2.05) is 12.1 Å². The van der Waals surface area contributed by atoms with Gasteiger partial charge in [-0.3, -0.25) is 4.79 Å². The smallest absolute Gasteiger partial charge is 0.341 e. The van der Waals surface area contributed by atoms with Crippen molar-refractivity contribution in [1.29, 1.82) is 0 Å². The summed E-state index contributed by atoms with van der Waals surface area (Å²) in [5, 5.41) is 2.91. The molecule has 0 saturated heterocycles. The molecule has 0 aromatic heterocycles. The van der Waals surface area contributed by atoms with E-state index in [1.54, 1.807) is 6.07 Å². The molecular weight excluding hydrogens is 362 g/mol. The molecule has 1 atom stereocenters. The van der Waals surface area contributed by atoms with Crippen LogP contribution < -0.4 is 11.1 Å². The van der Waals surface area contributed by atoms with E-state index in [2.05, 4.69) is 5.32 Å². The minimum Gasteiger partial charge on any atom is -0.399 e. The van der Waals surface area contributed by atoms with Crippen LogP contribution >= 0.6 is 0 Å². The number of halogens is 2. The van der Waals surface area contributed by atoms with Crippen LogP contribution in [0.4, 0.5) is 14.5 Å². The summed E-state index contributed by atoms with van der Waals surface area (Å²) in [4.78, 5) is 11.9. The summed E-state index contributed by atoms with van der Waals surface area (Å²) in [7, 11) is -4.67. The number of anilines is 1. The molecule has 0 radical (unpaired) electrons. The van der Waals surface area contributed by atoms with Crippen molar-refractivity contribution >= 4 is 21.4 Å². The molecule has 1 amide bonds. The fraction of sp³-hybridized carbons (Fsp3) is 0.278. The zero-order chi connectivity index (χ0) is 18.9. The summed E-state index contributed by atoms with van der Waals surface area (Å²) >= 11 is 0. The third-order valence-corrected chi connectivity index (χ3v) is 5.86. The van der Waals surface area contributed by atoms with Crippen LogP contribution in [0.2, 0.25) is 0 Å². The van der Waals surface area contributed by atoms with Crippen LogP contribution in [0.5, 0.6) is 0 Å². The van der Waals surface area contributed by atoms with Crippen LogP contribution in [0.1, 0.15) is 40.4 Å². The molecule has 3 N–H and O–H groups in total. The predicted molar refractivity (Wildman–Crippen MR) is 93.6 cm³/mol. The van der Waals surface area contributed by atoms with Gasteiger partial charge in [0, 0.05) is 11.3 Å². The van der Waals surface area contributed by atoms with Gasteiger partial charge in [-0.1, -0.05) is 6.07 Å². The number of nitrogens with two attached hydrogens (primary N) is 1. The Hall–Kier alpha value is -2.48. The van der Waals surface area contributed by atoms with E-state index >= 15 is 0 Å². The number of carbonyl (C=O) groups excluding carboxylic acids is 1. The van der Waals surface area contributed by atoms with Gasteiger partial charge in [-0.05, 0) is 66.8 Å². The van der Waals surface area contributed by atoms with Gasteiger partial charge in [-0.25, -0.2) is 8.42 Å². The van der Waals surface area contributed by atoms with E-state index < -0.39 is 20.5 Å². The first-order valence-corrected chi connectivity index (χ1v) is 9.65. The molecule has 0 saturated carbocycles. The van der Waals surface area contributed by atoms with Gasteiger partial charge in [0.1, 0.15) is 0 Å². The van der Waals surface area contributed by atoms with Crippen molar-refractivity contribution in [3.8, 4) is 0 Å². The topological polar surface area (TPSA) is 89.3 Å². The molecule has 138 valence electrons. The fourth-order valence-electron chi connectivity index (χ4n) is 3.12. The molecule has 0 aliphatic heterocycles. The Labute approximate surface area is 150 Å². The lowest BCUT2D eigenvalue weighted by Crippen LogP contribution is -2.31. The lowest BCUT2D eigenvalue weighted by molar-refractivity contribution is 0.0932. The van der Waals surface area contributed by atoms with Crippen molar-refractivity contribution in [1.82, 2.24) is 5.32 Å². The van der Waals surface area contributed by atoms with Crippen LogP contribution in [-0.4, -0.2) is 20.1 Å². The molecule has 3 rings (SSSR count). The van der Waals surface area contributed by atoms with Crippen molar-refractivity contribution in [2.24, 2.45) is 0 Å². The molecule has 1 aliphatic carbocycles. The van der Waals surface area contributed by atoms with Crippen LogP contribution in [0.25, 0.3) is 0 Å². The summed E-state index contributed by atoms with van der Waals surface area (Å²) in [6, 6.07) is 9.92. The standard InChI is InChI=1S/C18H18F2N2O3S/c19-18(20)26(24,25)14-7-4-11(5-8-14)17(23)22-16-3-1-2-12-10-13(21)6-9-15(12)16/h4-10,16,18H,1-3,21H2,(H,22,23). The van der Waals surface area contributed by atoms with E-state index in [-0.39, 0.29) is 17.5 Å². The molecule has 5 nitrogen and oxygen atoms in total. The van der Waals surface area contributed by atoms with Gasteiger partial charge in [0.2, 0.25) is 9.84 Å². The first kappa shape index (κ1) is 18.3. The van der Waals surface area contributed by atoms with Crippen LogP contribution in [0.3, 0.4) is 0 Å². The highest BCUT2D eigenvalue weighted by atomic mass is 32.2. The number of rotatable bonds is 4. The molecule has 2 aromatic carbocycles. The number of benzene rings is 2. The highest BCUT2D eigenvalue weighted by molar-refractivity contribution is 7.91. The summed E-state index contributed by atoms with van der Waals surface area (Å²) in [5.41, 5.74) is 8.79. The average molecular weight is 380 g/mol. The molecule has 0 spiro atoms. The van der Waals surface area contributed by atoms with Crippen molar-refractivity contribution < 1.29 is 22.0 Å². The van der Waals surface area contributed by atoms with Gasteiger partial charge in [0.05, 0.1) is 10.9 Å². The van der Waals surface area contributed by atoms with Crippen LogP contribution in [-0.2, 0) is 16.3 Å². The number of hydrogen-bond acceptors (Lipinski definition) is 4. The fourth-order valence-corrected chi connectivity index (χ4v) is 3.85. The zero-order valence-electron chi connectivity index (χ0n) is 13.8. The quantitative estimate of drug-likeness (QED) is 0.798. The largest absolute Gasteiger partial charge is 0.399 e. The number of nitrogens with one attached hydrogen (secondary N) is 1. The Balaban J connectivity index is 1.78.